The number of fused-ring (bicyclic) bond motifs is 1. The number of rotatable bonds is 3. The van der Waals surface area contributed by atoms with Crippen molar-refractivity contribution < 1.29 is 22.7 Å². The van der Waals surface area contributed by atoms with Crippen molar-refractivity contribution in [2.24, 2.45) is 5.41 Å². The zero-order chi connectivity index (χ0) is 19.7. The lowest BCUT2D eigenvalue weighted by molar-refractivity contribution is -0.134. The highest BCUT2D eigenvalue weighted by Crippen LogP contribution is 2.33. The first-order valence-electron chi connectivity index (χ1n) is 9.34. The Morgan fingerprint density at radius 1 is 1.04 bits per heavy atom. The van der Waals surface area contributed by atoms with Gasteiger partial charge in [0.1, 0.15) is 0 Å². The Morgan fingerprint density at radius 2 is 1.67 bits per heavy atom. The number of ether oxygens (including phenoxy) is 2. The number of benzene rings is 1. The Bertz CT molecular complexity index is 793. The molecule has 1 amide bonds. The molecule has 1 aromatic carbocycles. The highest BCUT2D eigenvalue weighted by molar-refractivity contribution is 7.89. The maximum absolute atomic E-state index is 13.0. The van der Waals surface area contributed by atoms with Crippen LogP contribution in [-0.2, 0) is 14.8 Å². The summed E-state index contributed by atoms with van der Waals surface area (Å²) < 4.78 is 38.6. The van der Waals surface area contributed by atoms with Crippen molar-refractivity contribution in [3.05, 3.63) is 18.2 Å². The van der Waals surface area contributed by atoms with Crippen LogP contribution >= 0.6 is 0 Å². The number of sulfonamides is 1. The fourth-order valence-corrected chi connectivity index (χ4v) is 4.63. The highest BCUT2D eigenvalue weighted by atomic mass is 32.2. The maximum Gasteiger partial charge on any atom is 0.243 e. The minimum Gasteiger partial charge on any atom is -0.490 e. The van der Waals surface area contributed by atoms with Gasteiger partial charge in [-0.2, -0.15) is 4.31 Å². The van der Waals surface area contributed by atoms with Gasteiger partial charge < -0.3 is 14.4 Å². The summed E-state index contributed by atoms with van der Waals surface area (Å²) in [5.41, 5.74) is -0.0792. The largest absolute Gasteiger partial charge is 0.490 e. The monoisotopic (exact) mass is 396 g/mol. The minimum absolute atomic E-state index is 0.0788. The minimum atomic E-state index is -3.63. The zero-order valence-electron chi connectivity index (χ0n) is 16.2. The van der Waals surface area contributed by atoms with Crippen molar-refractivity contribution in [2.75, 3.05) is 39.4 Å². The van der Waals surface area contributed by atoms with Gasteiger partial charge in [0.2, 0.25) is 15.9 Å². The van der Waals surface area contributed by atoms with Crippen LogP contribution in [0.15, 0.2) is 23.1 Å². The number of carbonyl (C=O) groups excluding carboxylic acids is 1. The molecule has 1 aromatic rings. The summed E-state index contributed by atoms with van der Waals surface area (Å²) in [5, 5.41) is 0. The first-order chi connectivity index (χ1) is 12.7. The van der Waals surface area contributed by atoms with Crippen molar-refractivity contribution >= 4 is 15.9 Å². The molecule has 1 saturated heterocycles. The van der Waals surface area contributed by atoms with E-state index in [9.17, 15) is 13.2 Å². The molecule has 7 nitrogen and oxygen atoms in total. The molecule has 3 rings (SSSR count). The summed E-state index contributed by atoms with van der Waals surface area (Å²) in [6.07, 6.45) is 1.23. The molecule has 0 N–H and O–H groups in total. The first-order valence-corrected chi connectivity index (χ1v) is 10.8. The van der Waals surface area contributed by atoms with Crippen LogP contribution in [0.25, 0.3) is 0 Å². The van der Waals surface area contributed by atoms with E-state index in [2.05, 4.69) is 0 Å². The molecule has 2 heterocycles. The van der Waals surface area contributed by atoms with Crippen molar-refractivity contribution in [2.45, 2.75) is 38.5 Å². The summed E-state index contributed by atoms with van der Waals surface area (Å²) in [5.74, 6) is 1.12. The van der Waals surface area contributed by atoms with Gasteiger partial charge in [0.15, 0.2) is 11.5 Å². The molecule has 0 radical (unpaired) electrons. The molecule has 0 aromatic heterocycles. The van der Waals surface area contributed by atoms with Crippen LogP contribution in [0.4, 0.5) is 0 Å². The van der Waals surface area contributed by atoms with Crippen LogP contribution in [-0.4, -0.2) is 62.9 Å². The Kier molecular flexibility index (Phi) is 5.67. The van der Waals surface area contributed by atoms with E-state index >= 15 is 0 Å². The number of amides is 1. The number of hydrogen-bond acceptors (Lipinski definition) is 5. The third-order valence-electron chi connectivity index (χ3n) is 4.63. The maximum atomic E-state index is 13.0. The second kappa shape index (κ2) is 7.67. The molecule has 150 valence electrons. The SMILES string of the molecule is CC(C)(C)CC(=O)N1CCN(S(=O)(=O)c2ccc3c(c2)OCCCO3)CC1. The Balaban J connectivity index is 1.68. The third kappa shape index (κ3) is 4.73. The zero-order valence-corrected chi connectivity index (χ0v) is 17.0. The van der Waals surface area contributed by atoms with Crippen molar-refractivity contribution in [3.63, 3.8) is 0 Å². The van der Waals surface area contributed by atoms with E-state index in [0.29, 0.717) is 57.3 Å². The van der Waals surface area contributed by atoms with E-state index in [1.54, 1.807) is 17.0 Å². The second-order valence-corrected chi connectivity index (χ2v) is 10.1. The molecule has 2 aliphatic heterocycles. The lowest BCUT2D eigenvalue weighted by Gasteiger charge is -2.35. The van der Waals surface area contributed by atoms with Crippen LogP contribution in [0.5, 0.6) is 11.5 Å². The van der Waals surface area contributed by atoms with Crippen molar-refractivity contribution in [1.29, 1.82) is 0 Å². The molecule has 0 aliphatic carbocycles. The topological polar surface area (TPSA) is 76.2 Å². The van der Waals surface area contributed by atoms with Crippen molar-refractivity contribution in [1.82, 2.24) is 9.21 Å². The first kappa shape index (κ1) is 19.9. The molecule has 0 bridgehead atoms. The number of nitrogens with zero attached hydrogens (tertiary/aromatic N) is 2. The van der Waals surface area contributed by atoms with Gasteiger partial charge in [-0.25, -0.2) is 8.42 Å². The molecule has 1 fully saturated rings. The van der Waals surface area contributed by atoms with Crippen LogP contribution in [0.1, 0.15) is 33.6 Å². The molecular weight excluding hydrogens is 368 g/mol. The van der Waals surface area contributed by atoms with E-state index < -0.39 is 10.0 Å². The van der Waals surface area contributed by atoms with Crippen LogP contribution in [0.2, 0.25) is 0 Å². The second-order valence-electron chi connectivity index (χ2n) is 8.18. The standard InChI is InChI=1S/C19H28N2O5S/c1-19(2,3)14-18(22)20-7-9-21(10-8-20)27(23,24)15-5-6-16-17(13-15)26-12-4-11-25-16/h5-6,13H,4,7-12,14H2,1-3H3. The molecule has 0 saturated carbocycles. The Labute approximate surface area is 161 Å². The molecule has 0 spiro atoms. The van der Waals surface area contributed by atoms with Crippen LogP contribution in [0, 0.1) is 5.41 Å². The van der Waals surface area contributed by atoms with E-state index in [-0.39, 0.29) is 16.2 Å². The van der Waals surface area contributed by atoms with Gasteiger partial charge in [0.05, 0.1) is 18.1 Å². The van der Waals surface area contributed by atoms with Crippen LogP contribution in [0.3, 0.4) is 0 Å². The summed E-state index contributed by atoms with van der Waals surface area (Å²) in [7, 11) is -3.63. The number of piperazine rings is 1. The number of hydrogen-bond donors (Lipinski definition) is 0. The van der Waals surface area contributed by atoms with Gasteiger partial charge in [0, 0.05) is 45.1 Å². The lowest BCUT2D eigenvalue weighted by Crippen LogP contribution is -2.51. The van der Waals surface area contributed by atoms with Gasteiger partial charge in [-0.1, -0.05) is 20.8 Å². The van der Waals surface area contributed by atoms with Gasteiger partial charge in [-0.15, -0.1) is 0 Å². The summed E-state index contributed by atoms with van der Waals surface area (Å²) in [6.45, 7) is 8.56. The van der Waals surface area contributed by atoms with E-state index in [0.717, 1.165) is 6.42 Å². The fraction of sp³-hybridized carbons (Fsp3) is 0.632. The summed E-state index contributed by atoms with van der Waals surface area (Å²) >= 11 is 0. The fourth-order valence-electron chi connectivity index (χ4n) is 3.20. The molecule has 8 heteroatoms. The average molecular weight is 397 g/mol. The molecule has 0 atom stereocenters. The van der Waals surface area contributed by atoms with Gasteiger partial charge in [-0.3, -0.25) is 4.79 Å². The normalized spacial score (nSPS) is 18.9. The average Bonchev–Trinajstić information content (AvgIpc) is 2.85. The van der Waals surface area contributed by atoms with Gasteiger partial charge in [-0.05, 0) is 17.5 Å². The molecule has 0 unspecified atom stereocenters. The third-order valence-corrected chi connectivity index (χ3v) is 6.52. The Hall–Kier alpha value is -1.80. The summed E-state index contributed by atoms with van der Waals surface area (Å²) in [4.78, 5) is 14.3. The lowest BCUT2D eigenvalue weighted by atomic mass is 9.91. The molecule has 2 aliphatic rings. The quantitative estimate of drug-likeness (QED) is 0.782. The predicted molar refractivity (Wildman–Crippen MR) is 101 cm³/mol. The predicted octanol–water partition coefficient (Wildman–Crippen LogP) is 2.12. The molecular formula is C19H28N2O5S. The smallest absolute Gasteiger partial charge is 0.243 e. The van der Waals surface area contributed by atoms with E-state index in [4.69, 9.17) is 9.47 Å². The Morgan fingerprint density at radius 3 is 2.30 bits per heavy atom. The van der Waals surface area contributed by atoms with Gasteiger partial charge >= 0.3 is 0 Å². The summed E-state index contributed by atoms with van der Waals surface area (Å²) in [6, 6.07) is 4.74. The van der Waals surface area contributed by atoms with E-state index in [1.807, 2.05) is 20.8 Å². The van der Waals surface area contributed by atoms with Gasteiger partial charge in [0.25, 0.3) is 0 Å². The van der Waals surface area contributed by atoms with E-state index in [1.165, 1.54) is 10.4 Å². The van der Waals surface area contributed by atoms with Crippen LogP contribution < -0.4 is 9.47 Å². The highest BCUT2D eigenvalue weighted by Gasteiger charge is 2.32. The van der Waals surface area contributed by atoms with Crippen molar-refractivity contribution in [3.8, 4) is 11.5 Å². The number of carbonyl (C=O) groups is 1. The molecule has 27 heavy (non-hydrogen) atoms.